The average Bonchev–Trinajstić information content (AvgIpc) is 2.97. The summed E-state index contributed by atoms with van der Waals surface area (Å²) >= 11 is 0. The van der Waals surface area contributed by atoms with Crippen molar-refractivity contribution in [1.82, 2.24) is 0 Å². The minimum Gasteiger partial charge on any atom is -0.497 e. The molecule has 0 saturated carbocycles. The van der Waals surface area contributed by atoms with Crippen LogP contribution in [0.2, 0.25) is 0 Å². The third-order valence-electron chi connectivity index (χ3n) is 5.76. The van der Waals surface area contributed by atoms with Crippen molar-refractivity contribution in [1.29, 1.82) is 0 Å². The number of hydrogen-bond donors (Lipinski definition) is 3. The number of ether oxygens (including phenoxy) is 3. The molecule has 3 N–H and O–H groups in total. The molecule has 0 heterocycles. The monoisotopic (exact) mass is 525 g/mol. The molecule has 9 nitrogen and oxygen atoms in total. The number of methoxy groups -OCH3 is 3. The van der Waals surface area contributed by atoms with Crippen LogP contribution in [0.4, 0.5) is 17.1 Å². The van der Waals surface area contributed by atoms with Gasteiger partial charge >= 0.3 is 0 Å². The van der Waals surface area contributed by atoms with Crippen LogP contribution in [-0.4, -0.2) is 39.1 Å². The molecule has 0 aliphatic rings. The van der Waals surface area contributed by atoms with Gasteiger partial charge in [-0.2, -0.15) is 0 Å². The molecule has 0 atom stereocenters. The maximum Gasteiger partial charge on any atom is 0.255 e. The summed E-state index contributed by atoms with van der Waals surface area (Å²) in [6, 6.07) is 24.7. The number of carbonyl (C=O) groups excluding carboxylic acids is 3. The Morgan fingerprint density at radius 1 is 0.436 bits per heavy atom. The first-order valence-electron chi connectivity index (χ1n) is 11.9. The molecule has 0 saturated heterocycles. The summed E-state index contributed by atoms with van der Waals surface area (Å²) in [4.78, 5) is 39.2. The minimum atomic E-state index is -0.459. The second-order valence-corrected chi connectivity index (χ2v) is 8.35. The zero-order chi connectivity index (χ0) is 27.8. The third kappa shape index (κ3) is 6.92. The van der Waals surface area contributed by atoms with E-state index in [9.17, 15) is 14.4 Å². The number of benzene rings is 4. The van der Waals surface area contributed by atoms with Crippen LogP contribution in [0, 0.1) is 0 Å². The number of rotatable bonds is 9. The molecule has 0 aliphatic heterocycles. The number of nitrogens with one attached hydrogen (secondary N) is 3. The minimum absolute atomic E-state index is 0.179. The fourth-order valence-electron chi connectivity index (χ4n) is 3.66. The zero-order valence-electron chi connectivity index (χ0n) is 21.6. The lowest BCUT2D eigenvalue weighted by Gasteiger charge is -2.13. The molecule has 4 rings (SSSR count). The molecule has 0 fully saturated rings. The lowest BCUT2D eigenvalue weighted by atomic mass is 10.1. The van der Waals surface area contributed by atoms with E-state index in [1.165, 1.54) is 25.3 Å². The molecule has 0 radical (unpaired) electrons. The predicted octanol–water partition coefficient (Wildman–Crippen LogP) is 5.47. The highest BCUT2D eigenvalue weighted by atomic mass is 16.5. The van der Waals surface area contributed by atoms with E-state index in [1.807, 2.05) is 0 Å². The smallest absolute Gasteiger partial charge is 0.255 e. The molecule has 0 aliphatic carbocycles. The van der Waals surface area contributed by atoms with Gasteiger partial charge in [-0.25, -0.2) is 0 Å². The first kappa shape index (κ1) is 26.7. The van der Waals surface area contributed by atoms with Crippen LogP contribution in [-0.2, 0) is 0 Å². The molecule has 0 bridgehead atoms. The topological polar surface area (TPSA) is 115 Å². The van der Waals surface area contributed by atoms with E-state index in [0.717, 1.165) is 0 Å². The van der Waals surface area contributed by atoms with Gasteiger partial charge in [-0.1, -0.05) is 0 Å². The molecule has 4 aromatic rings. The second-order valence-electron chi connectivity index (χ2n) is 8.35. The predicted molar refractivity (Wildman–Crippen MR) is 149 cm³/mol. The first-order valence-corrected chi connectivity index (χ1v) is 11.9. The molecular formula is C30H27N3O6. The van der Waals surface area contributed by atoms with Gasteiger partial charge in [0.05, 0.1) is 21.3 Å². The van der Waals surface area contributed by atoms with Crippen LogP contribution in [0.15, 0.2) is 91.0 Å². The maximum absolute atomic E-state index is 13.1. The van der Waals surface area contributed by atoms with Gasteiger partial charge < -0.3 is 30.2 Å². The van der Waals surface area contributed by atoms with Gasteiger partial charge in [0.25, 0.3) is 17.7 Å². The Morgan fingerprint density at radius 2 is 0.769 bits per heavy atom. The van der Waals surface area contributed by atoms with Crippen molar-refractivity contribution in [3.05, 3.63) is 108 Å². The van der Waals surface area contributed by atoms with Gasteiger partial charge in [0.2, 0.25) is 0 Å². The van der Waals surface area contributed by atoms with Crippen LogP contribution in [0.1, 0.15) is 31.1 Å². The third-order valence-corrected chi connectivity index (χ3v) is 5.76. The number of anilines is 3. The summed E-state index contributed by atoms with van der Waals surface area (Å²) in [6.07, 6.45) is 0. The van der Waals surface area contributed by atoms with Crippen molar-refractivity contribution in [2.45, 2.75) is 0 Å². The van der Waals surface area contributed by atoms with E-state index in [-0.39, 0.29) is 16.8 Å². The van der Waals surface area contributed by atoms with Crippen molar-refractivity contribution >= 4 is 34.8 Å². The lowest BCUT2D eigenvalue weighted by Crippen LogP contribution is -2.18. The Kier molecular flexibility index (Phi) is 8.43. The molecule has 4 aromatic carbocycles. The van der Waals surface area contributed by atoms with Gasteiger partial charge in [0.1, 0.15) is 17.2 Å². The lowest BCUT2D eigenvalue weighted by molar-refractivity contribution is 0.101. The highest BCUT2D eigenvalue weighted by Crippen LogP contribution is 2.22. The van der Waals surface area contributed by atoms with Gasteiger partial charge in [-0.3, -0.25) is 14.4 Å². The highest BCUT2D eigenvalue weighted by Gasteiger charge is 2.16. The van der Waals surface area contributed by atoms with Crippen molar-refractivity contribution in [2.24, 2.45) is 0 Å². The quantitative estimate of drug-likeness (QED) is 0.267. The van der Waals surface area contributed by atoms with E-state index in [0.29, 0.717) is 34.2 Å². The maximum atomic E-state index is 13.1. The van der Waals surface area contributed by atoms with Gasteiger partial charge in [-0.15, -0.1) is 0 Å². The summed E-state index contributed by atoms with van der Waals surface area (Å²) in [5.41, 5.74) is 2.10. The number of carbonyl (C=O) groups is 3. The number of hydrogen-bond acceptors (Lipinski definition) is 6. The average molecular weight is 526 g/mol. The molecule has 3 amide bonds. The van der Waals surface area contributed by atoms with Crippen molar-refractivity contribution in [3.63, 3.8) is 0 Å². The number of amides is 3. The Morgan fingerprint density at radius 3 is 1.15 bits per heavy atom. The standard InChI is InChI=1S/C30H27N3O6/c1-37-25-10-4-19(5-11-25)28(34)33-24-17-20(29(35)31-22-6-12-26(38-2)13-7-22)16-21(18-24)30(36)32-23-8-14-27(39-3)15-9-23/h4-18H,1-3H3,(H,31,35)(H,32,36)(H,33,34). The van der Waals surface area contributed by atoms with E-state index < -0.39 is 17.7 Å². The summed E-state index contributed by atoms with van der Waals surface area (Å²) < 4.78 is 15.4. The van der Waals surface area contributed by atoms with Crippen molar-refractivity contribution < 1.29 is 28.6 Å². The van der Waals surface area contributed by atoms with E-state index in [4.69, 9.17) is 14.2 Å². The Bertz CT molecular complexity index is 1390. The van der Waals surface area contributed by atoms with Crippen molar-refractivity contribution in [3.8, 4) is 17.2 Å². The molecule has 39 heavy (non-hydrogen) atoms. The van der Waals surface area contributed by atoms with Crippen LogP contribution >= 0.6 is 0 Å². The van der Waals surface area contributed by atoms with E-state index in [2.05, 4.69) is 16.0 Å². The molecule has 9 heteroatoms. The van der Waals surface area contributed by atoms with E-state index in [1.54, 1.807) is 87.0 Å². The normalized spacial score (nSPS) is 10.2. The van der Waals surface area contributed by atoms with Gasteiger partial charge in [-0.05, 0) is 91.0 Å². The fraction of sp³-hybridized carbons (Fsp3) is 0.100. The molecule has 0 unspecified atom stereocenters. The Labute approximate surface area is 225 Å². The summed E-state index contributed by atoms with van der Waals surface area (Å²) in [7, 11) is 4.64. The summed E-state index contributed by atoms with van der Waals surface area (Å²) in [5.74, 6) is 0.578. The summed E-state index contributed by atoms with van der Waals surface area (Å²) in [5, 5.41) is 8.36. The van der Waals surface area contributed by atoms with E-state index >= 15 is 0 Å². The Hall–Kier alpha value is -5.31. The summed E-state index contributed by atoms with van der Waals surface area (Å²) in [6.45, 7) is 0. The zero-order valence-corrected chi connectivity index (χ0v) is 21.6. The van der Waals surface area contributed by atoms with Crippen LogP contribution in [0.25, 0.3) is 0 Å². The largest absolute Gasteiger partial charge is 0.497 e. The fourth-order valence-corrected chi connectivity index (χ4v) is 3.66. The first-order chi connectivity index (χ1) is 18.9. The molecule has 198 valence electrons. The van der Waals surface area contributed by atoms with Crippen LogP contribution in [0.3, 0.4) is 0 Å². The molecular weight excluding hydrogens is 498 g/mol. The SMILES string of the molecule is COc1ccc(NC(=O)c2cc(NC(=O)c3ccc(OC)cc3)cc(C(=O)Nc3ccc(OC)cc3)c2)cc1. The van der Waals surface area contributed by atoms with Crippen molar-refractivity contribution in [2.75, 3.05) is 37.3 Å². The molecule has 0 aromatic heterocycles. The van der Waals surface area contributed by atoms with Crippen LogP contribution in [0.5, 0.6) is 17.2 Å². The highest BCUT2D eigenvalue weighted by molar-refractivity contribution is 6.11. The van der Waals surface area contributed by atoms with Crippen LogP contribution < -0.4 is 30.2 Å². The van der Waals surface area contributed by atoms with Gasteiger partial charge in [0.15, 0.2) is 0 Å². The van der Waals surface area contributed by atoms with Gasteiger partial charge in [0, 0.05) is 33.8 Å². The second kappa shape index (κ2) is 12.3. The Balaban J connectivity index is 1.61. The molecule has 0 spiro atoms.